The first kappa shape index (κ1) is 13.7. The molecule has 0 aromatic heterocycles. The van der Waals surface area contributed by atoms with Crippen molar-refractivity contribution in [2.45, 2.75) is 6.04 Å². The maximum absolute atomic E-state index is 12.0. The van der Waals surface area contributed by atoms with Gasteiger partial charge in [0, 0.05) is 6.54 Å². The van der Waals surface area contributed by atoms with Crippen LogP contribution in [-0.2, 0) is 0 Å². The summed E-state index contributed by atoms with van der Waals surface area (Å²) in [5, 5.41) is 6.14. The lowest BCUT2D eigenvalue weighted by Gasteiger charge is -2.18. The number of allylic oxidation sites excluding steroid dienone is 3. The van der Waals surface area contributed by atoms with Crippen LogP contribution >= 0.6 is 0 Å². The van der Waals surface area contributed by atoms with Gasteiger partial charge in [0.05, 0.1) is 6.04 Å². The molecule has 0 bridgehead atoms. The van der Waals surface area contributed by atoms with Crippen LogP contribution in [0, 0.1) is 0 Å². The van der Waals surface area contributed by atoms with Gasteiger partial charge in [0.15, 0.2) is 0 Å². The molecule has 0 amide bonds. The van der Waals surface area contributed by atoms with Gasteiger partial charge in [0.2, 0.25) is 0 Å². The van der Waals surface area contributed by atoms with Gasteiger partial charge < -0.3 is 10.6 Å². The second kappa shape index (κ2) is 9.21. The third-order valence-corrected chi connectivity index (χ3v) is 1.84. The SMILES string of the molecule is C=C/C=C(\C=C/CF)C(CNC)NC=C. The van der Waals surface area contributed by atoms with Gasteiger partial charge in [0.1, 0.15) is 6.67 Å². The van der Waals surface area contributed by atoms with Crippen LogP contribution in [0.5, 0.6) is 0 Å². The first-order chi connectivity index (χ1) is 7.29. The normalized spacial score (nSPS) is 13.9. The van der Waals surface area contributed by atoms with Crippen molar-refractivity contribution in [2.24, 2.45) is 0 Å². The third kappa shape index (κ3) is 5.86. The van der Waals surface area contributed by atoms with Crippen molar-refractivity contribution in [3.63, 3.8) is 0 Å². The quantitative estimate of drug-likeness (QED) is 0.598. The van der Waals surface area contributed by atoms with Crippen molar-refractivity contribution in [2.75, 3.05) is 20.3 Å². The number of hydrogen-bond acceptors (Lipinski definition) is 2. The Labute approximate surface area is 91.3 Å². The molecule has 0 rings (SSSR count). The molecule has 0 aliphatic rings. The Morgan fingerprint density at radius 2 is 2.20 bits per heavy atom. The minimum absolute atomic E-state index is 0.0771. The zero-order valence-electron chi connectivity index (χ0n) is 9.17. The number of hydrogen-bond donors (Lipinski definition) is 2. The zero-order valence-corrected chi connectivity index (χ0v) is 9.17. The molecule has 1 atom stereocenters. The van der Waals surface area contributed by atoms with E-state index in [2.05, 4.69) is 23.8 Å². The van der Waals surface area contributed by atoms with Gasteiger partial charge >= 0.3 is 0 Å². The van der Waals surface area contributed by atoms with E-state index in [4.69, 9.17) is 0 Å². The van der Waals surface area contributed by atoms with Crippen LogP contribution in [0.25, 0.3) is 0 Å². The van der Waals surface area contributed by atoms with Gasteiger partial charge in [-0.25, -0.2) is 4.39 Å². The molecule has 2 nitrogen and oxygen atoms in total. The molecule has 0 spiro atoms. The van der Waals surface area contributed by atoms with Crippen molar-refractivity contribution < 1.29 is 4.39 Å². The van der Waals surface area contributed by atoms with E-state index >= 15 is 0 Å². The van der Waals surface area contributed by atoms with Crippen LogP contribution in [0.1, 0.15) is 0 Å². The highest BCUT2D eigenvalue weighted by Gasteiger charge is 2.07. The lowest BCUT2D eigenvalue weighted by molar-refractivity contribution is 0.560. The van der Waals surface area contributed by atoms with Gasteiger partial charge in [-0.3, -0.25) is 0 Å². The molecule has 2 N–H and O–H groups in total. The van der Waals surface area contributed by atoms with E-state index in [1.165, 1.54) is 6.08 Å². The Hall–Kier alpha value is -1.35. The summed E-state index contributed by atoms with van der Waals surface area (Å²) in [5.74, 6) is 0. The lowest BCUT2D eigenvalue weighted by atomic mass is 10.1. The summed E-state index contributed by atoms with van der Waals surface area (Å²) in [4.78, 5) is 0. The van der Waals surface area contributed by atoms with E-state index in [1.807, 2.05) is 13.1 Å². The van der Waals surface area contributed by atoms with E-state index in [1.54, 1.807) is 18.4 Å². The Bertz CT molecular complexity index is 244. The van der Waals surface area contributed by atoms with Crippen LogP contribution < -0.4 is 10.6 Å². The van der Waals surface area contributed by atoms with E-state index in [9.17, 15) is 4.39 Å². The van der Waals surface area contributed by atoms with Crippen molar-refractivity contribution >= 4 is 0 Å². The minimum atomic E-state index is -0.463. The Kier molecular flexibility index (Phi) is 8.39. The summed E-state index contributed by atoms with van der Waals surface area (Å²) in [6.07, 6.45) is 8.39. The van der Waals surface area contributed by atoms with Gasteiger partial charge in [-0.05, 0) is 18.8 Å². The lowest BCUT2D eigenvalue weighted by Crippen LogP contribution is -2.35. The molecular weight excluding hydrogens is 191 g/mol. The van der Waals surface area contributed by atoms with Crippen molar-refractivity contribution in [3.8, 4) is 0 Å². The fourth-order valence-electron chi connectivity index (χ4n) is 1.22. The monoisotopic (exact) mass is 210 g/mol. The fraction of sp³-hybridized carbons (Fsp3) is 0.333. The predicted molar refractivity (Wildman–Crippen MR) is 64.4 cm³/mol. The molecular formula is C12H19FN2. The molecule has 0 radical (unpaired) electrons. The van der Waals surface area contributed by atoms with E-state index in [0.29, 0.717) is 0 Å². The third-order valence-electron chi connectivity index (χ3n) is 1.84. The zero-order chi connectivity index (χ0) is 11.5. The number of nitrogens with one attached hydrogen (secondary N) is 2. The molecule has 84 valence electrons. The average molecular weight is 210 g/mol. The highest BCUT2D eigenvalue weighted by atomic mass is 19.1. The maximum atomic E-state index is 12.0. The summed E-state index contributed by atoms with van der Waals surface area (Å²) >= 11 is 0. The Morgan fingerprint density at radius 3 is 2.67 bits per heavy atom. The van der Waals surface area contributed by atoms with Crippen LogP contribution in [-0.4, -0.2) is 26.3 Å². The Balaban J connectivity index is 4.65. The topological polar surface area (TPSA) is 24.1 Å². The first-order valence-electron chi connectivity index (χ1n) is 4.86. The molecule has 3 heteroatoms. The summed E-state index contributed by atoms with van der Waals surface area (Å²) in [5.41, 5.74) is 0.969. The maximum Gasteiger partial charge on any atom is 0.108 e. The number of rotatable bonds is 8. The molecule has 1 unspecified atom stereocenters. The minimum Gasteiger partial charge on any atom is -0.383 e. The number of alkyl halides is 1. The smallest absolute Gasteiger partial charge is 0.108 e. The van der Waals surface area contributed by atoms with Gasteiger partial charge in [-0.15, -0.1) is 0 Å². The van der Waals surface area contributed by atoms with Gasteiger partial charge in [-0.2, -0.15) is 0 Å². The molecule has 0 fully saturated rings. The van der Waals surface area contributed by atoms with Crippen LogP contribution in [0.2, 0.25) is 0 Å². The molecule has 0 aromatic carbocycles. The predicted octanol–water partition coefficient (Wildman–Crippen LogP) is 1.95. The van der Waals surface area contributed by atoms with Crippen molar-refractivity contribution in [1.29, 1.82) is 0 Å². The summed E-state index contributed by atoms with van der Waals surface area (Å²) in [6.45, 7) is 7.52. The summed E-state index contributed by atoms with van der Waals surface area (Å²) in [7, 11) is 1.86. The highest BCUT2D eigenvalue weighted by molar-refractivity contribution is 5.29. The number of likely N-dealkylation sites (N-methyl/N-ethyl adjacent to an activating group) is 1. The fourth-order valence-corrected chi connectivity index (χ4v) is 1.22. The molecule has 0 aliphatic heterocycles. The molecule has 0 saturated carbocycles. The second-order valence-electron chi connectivity index (χ2n) is 2.94. The first-order valence-corrected chi connectivity index (χ1v) is 4.86. The van der Waals surface area contributed by atoms with Crippen molar-refractivity contribution in [3.05, 3.63) is 49.2 Å². The average Bonchev–Trinajstić information content (AvgIpc) is 2.24. The second-order valence-corrected chi connectivity index (χ2v) is 2.94. The summed E-state index contributed by atoms with van der Waals surface area (Å²) < 4.78 is 12.0. The molecule has 15 heavy (non-hydrogen) atoms. The highest BCUT2D eigenvalue weighted by Crippen LogP contribution is 2.05. The van der Waals surface area contributed by atoms with Gasteiger partial charge in [0.25, 0.3) is 0 Å². The number of halogens is 1. The largest absolute Gasteiger partial charge is 0.383 e. The molecule has 0 aromatic rings. The molecule has 0 aliphatic carbocycles. The van der Waals surface area contributed by atoms with E-state index in [0.717, 1.165) is 12.1 Å². The standard InChI is InChI=1S/C12H19FN2/c1-4-7-11(8-6-9-13)12(10-14-3)15-5-2/h4-8,12,14-15H,1-2,9-10H2,3H3/b8-6-,11-7+. The molecule has 0 saturated heterocycles. The summed E-state index contributed by atoms with van der Waals surface area (Å²) in [6, 6.07) is 0.0771. The van der Waals surface area contributed by atoms with Crippen LogP contribution in [0.15, 0.2) is 49.2 Å². The molecule has 0 heterocycles. The van der Waals surface area contributed by atoms with E-state index < -0.39 is 6.67 Å². The Morgan fingerprint density at radius 1 is 1.47 bits per heavy atom. The van der Waals surface area contributed by atoms with Crippen LogP contribution in [0.4, 0.5) is 4.39 Å². The van der Waals surface area contributed by atoms with E-state index in [-0.39, 0.29) is 6.04 Å². The van der Waals surface area contributed by atoms with Crippen LogP contribution in [0.3, 0.4) is 0 Å². The van der Waals surface area contributed by atoms with Crippen molar-refractivity contribution in [1.82, 2.24) is 10.6 Å². The van der Waals surface area contributed by atoms with Gasteiger partial charge in [-0.1, -0.05) is 37.5 Å².